The van der Waals surface area contributed by atoms with Gasteiger partial charge in [-0.2, -0.15) is 0 Å². The number of benzene rings is 2. The number of rotatable bonds is 2. The molecule has 3 nitrogen and oxygen atoms in total. The van der Waals surface area contributed by atoms with Crippen LogP contribution in [0.2, 0.25) is 0 Å². The number of ketones is 1. The Morgan fingerprint density at radius 1 is 1.19 bits per heavy atom. The molecule has 21 heavy (non-hydrogen) atoms. The van der Waals surface area contributed by atoms with E-state index in [2.05, 4.69) is 0 Å². The van der Waals surface area contributed by atoms with Crippen molar-refractivity contribution in [1.82, 2.24) is 0 Å². The highest BCUT2D eigenvalue weighted by Gasteiger charge is 2.23. The van der Waals surface area contributed by atoms with Crippen LogP contribution >= 0.6 is 11.8 Å². The van der Waals surface area contributed by atoms with E-state index < -0.39 is 11.9 Å². The third-order valence-electron chi connectivity index (χ3n) is 3.77. The van der Waals surface area contributed by atoms with E-state index in [-0.39, 0.29) is 5.78 Å². The second-order valence-corrected chi connectivity index (χ2v) is 6.11. The van der Waals surface area contributed by atoms with Crippen LogP contribution in [0.4, 0.5) is 0 Å². The minimum atomic E-state index is -0.858. The van der Waals surface area contributed by atoms with Gasteiger partial charge in [0, 0.05) is 21.8 Å². The predicted octanol–water partition coefficient (Wildman–Crippen LogP) is 3.71. The summed E-state index contributed by atoms with van der Waals surface area (Å²) in [7, 11) is 0. The van der Waals surface area contributed by atoms with Crippen LogP contribution in [0.15, 0.2) is 47.4 Å². The number of hydrogen-bond donors (Lipinski definition) is 1. The normalized spacial score (nSPS) is 14.8. The first-order chi connectivity index (χ1) is 10.1. The van der Waals surface area contributed by atoms with Crippen molar-refractivity contribution in [2.24, 2.45) is 0 Å². The summed E-state index contributed by atoms with van der Waals surface area (Å²) >= 11 is 1.59. The average molecular weight is 298 g/mol. The highest BCUT2D eigenvalue weighted by molar-refractivity contribution is 7.98. The number of fused-ring (bicyclic) bond motifs is 2. The van der Waals surface area contributed by atoms with Gasteiger partial charge >= 0.3 is 5.97 Å². The highest BCUT2D eigenvalue weighted by atomic mass is 32.2. The van der Waals surface area contributed by atoms with Crippen molar-refractivity contribution < 1.29 is 14.7 Å². The van der Waals surface area contributed by atoms with Crippen molar-refractivity contribution in [3.63, 3.8) is 0 Å². The number of hydrogen-bond acceptors (Lipinski definition) is 3. The lowest BCUT2D eigenvalue weighted by molar-refractivity contribution is -0.138. The quantitative estimate of drug-likeness (QED) is 0.918. The molecule has 2 aromatic rings. The summed E-state index contributed by atoms with van der Waals surface area (Å²) in [5.41, 5.74) is 3.15. The van der Waals surface area contributed by atoms with Gasteiger partial charge in [-0.05, 0) is 30.2 Å². The second kappa shape index (κ2) is 5.37. The van der Waals surface area contributed by atoms with Crippen LogP contribution in [0, 0.1) is 0 Å². The molecule has 1 aliphatic heterocycles. The molecule has 0 aliphatic carbocycles. The third kappa shape index (κ3) is 2.47. The molecule has 1 heterocycles. The molecule has 0 radical (unpaired) electrons. The summed E-state index contributed by atoms with van der Waals surface area (Å²) in [6.45, 7) is 1.65. The van der Waals surface area contributed by atoms with Gasteiger partial charge in [-0.25, -0.2) is 0 Å². The van der Waals surface area contributed by atoms with Gasteiger partial charge in [-0.1, -0.05) is 30.3 Å². The minimum absolute atomic E-state index is 0.0140. The van der Waals surface area contributed by atoms with Crippen molar-refractivity contribution in [3.8, 4) is 0 Å². The smallest absolute Gasteiger partial charge is 0.310 e. The van der Waals surface area contributed by atoms with Gasteiger partial charge < -0.3 is 5.11 Å². The summed E-state index contributed by atoms with van der Waals surface area (Å²) in [6.07, 6.45) is 0. The molecule has 0 aromatic heterocycles. The molecular weight excluding hydrogens is 284 g/mol. The van der Waals surface area contributed by atoms with Crippen LogP contribution in [0.1, 0.15) is 39.9 Å². The first-order valence-corrected chi connectivity index (χ1v) is 7.68. The van der Waals surface area contributed by atoms with E-state index >= 15 is 0 Å². The fraction of sp³-hybridized carbons (Fsp3) is 0.176. The molecule has 2 aromatic carbocycles. The van der Waals surface area contributed by atoms with Gasteiger partial charge in [0.15, 0.2) is 5.78 Å². The standard InChI is InChI=1S/C17H14O3S/c1-10(17(19)20)11-6-7-14-15(8-11)21-9-12-4-2-3-5-13(12)16(14)18/h2-8,10H,9H2,1H3,(H,19,20)/t10-/m0/s1. The second-order valence-electron chi connectivity index (χ2n) is 5.09. The number of carbonyl (C=O) groups excluding carboxylic acids is 1. The largest absolute Gasteiger partial charge is 0.481 e. The molecular formula is C17H14O3S. The minimum Gasteiger partial charge on any atom is -0.481 e. The Kier molecular flexibility index (Phi) is 3.55. The number of aliphatic carboxylic acids is 1. The Hall–Kier alpha value is -2.07. The van der Waals surface area contributed by atoms with Crippen molar-refractivity contribution in [3.05, 3.63) is 64.7 Å². The van der Waals surface area contributed by atoms with E-state index in [1.165, 1.54) is 0 Å². The van der Waals surface area contributed by atoms with Gasteiger partial charge in [0.2, 0.25) is 0 Å². The maximum absolute atomic E-state index is 12.6. The van der Waals surface area contributed by atoms with Crippen molar-refractivity contribution in [2.75, 3.05) is 0 Å². The SMILES string of the molecule is C[C@H](C(=O)O)c1ccc2c(c1)SCc1ccccc1C2=O. The van der Waals surface area contributed by atoms with E-state index in [0.717, 1.165) is 27.3 Å². The molecule has 0 saturated carbocycles. The molecule has 4 heteroatoms. The highest BCUT2D eigenvalue weighted by Crippen LogP contribution is 2.35. The van der Waals surface area contributed by atoms with Crippen molar-refractivity contribution in [2.45, 2.75) is 23.5 Å². The number of carbonyl (C=O) groups is 2. The maximum Gasteiger partial charge on any atom is 0.310 e. The first kappa shape index (κ1) is 13.9. The lowest BCUT2D eigenvalue weighted by Gasteiger charge is -2.10. The van der Waals surface area contributed by atoms with Crippen LogP contribution in [0.3, 0.4) is 0 Å². The topological polar surface area (TPSA) is 54.4 Å². The van der Waals surface area contributed by atoms with Crippen LogP contribution in [0.25, 0.3) is 0 Å². The molecule has 106 valence electrons. The Bertz CT molecular complexity index is 737. The zero-order valence-electron chi connectivity index (χ0n) is 11.5. The van der Waals surface area contributed by atoms with E-state index in [1.54, 1.807) is 30.8 Å². The Morgan fingerprint density at radius 2 is 1.95 bits per heavy atom. The van der Waals surface area contributed by atoms with Crippen LogP contribution < -0.4 is 0 Å². The maximum atomic E-state index is 12.6. The predicted molar refractivity (Wildman–Crippen MR) is 81.9 cm³/mol. The fourth-order valence-electron chi connectivity index (χ4n) is 2.43. The number of thioether (sulfide) groups is 1. The number of carboxylic acids is 1. The van der Waals surface area contributed by atoms with E-state index in [4.69, 9.17) is 5.11 Å². The van der Waals surface area contributed by atoms with Gasteiger partial charge in [0.25, 0.3) is 0 Å². The average Bonchev–Trinajstić information content (AvgIpc) is 2.64. The molecule has 1 N–H and O–H groups in total. The fourth-order valence-corrected chi connectivity index (χ4v) is 3.52. The van der Waals surface area contributed by atoms with Crippen LogP contribution in [0.5, 0.6) is 0 Å². The zero-order valence-corrected chi connectivity index (χ0v) is 12.3. The molecule has 1 aliphatic rings. The summed E-state index contributed by atoms with van der Waals surface area (Å²) < 4.78 is 0. The Balaban J connectivity index is 2.07. The summed E-state index contributed by atoms with van der Waals surface area (Å²) in [6, 6.07) is 12.9. The molecule has 0 saturated heterocycles. The monoisotopic (exact) mass is 298 g/mol. The van der Waals surface area contributed by atoms with E-state index in [1.807, 2.05) is 30.3 Å². The molecule has 1 atom stereocenters. The molecule has 0 bridgehead atoms. The lowest BCUT2D eigenvalue weighted by atomic mass is 9.95. The zero-order chi connectivity index (χ0) is 15.0. The van der Waals surface area contributed by atoms with Crippen LogP contribution in [-0.4, -0.2) is 16.9 Å². The molecule has 0 amide bonds. The van der Waals surface area contributed by atoms with Gasteiger partial charge in [0.1, 0.15) is 0 Å². The summed E-state index contributed by atoms with van der Waals surface area (Å²) in [5.74, 6) is -0.695. The van der Waals surface area contributed by atoms with Gasteiger partial charge in [0.05, 0.1) is 5.92 Å². The summed E-state index contributed by atoms with van der Waals surface area (Å²) in [4.78, 5) is 24.6. The molecule has 0 unspecified atom stereocenters. The number of carboxylic acid groups (broad SMARTS) is 1. The van der Waals surface area contributed by atoms with Crippen LogP contribution in [-0.2, 0) is 10.5 Å². The van der Waals surface area contributed by atoms with E-state index in [9.17, 15) is 9.59 Å². The molecule has 0 spiro atoms. The molecule has 3 rings (SSSR count). The lowest BCUT2D eigenvalue weighted by Crippen LogP contribution is -2.09. The molecule has 0 fully saturated rings. The third-order valence-corrected chi connectivity index (χ3v) is 4.87. The van der Waals surface area contributed by atoms with Crippen molar-refractivity contribution in [1.29, 1.82) is 0 Å². The van der Waals surface area contributed by atoms with Gasteiger partial charge in [-0.3, -0.25) is 9.59 Å². The Labute approximate surface area is 127 Å². The van der Waals surface area contributed by atoms with Crippen molar-refractivity contribution >= 4 is 23.5 Å². The summed E-state index contributed by atoms with van der Waals surface area (Å²) in [5, 5.41) is 9.12. The Morgan fingerprint density at radius 3 is 2.71 bits per heavy atom. The first-order valence-electron chi connectivity index (χ1n) is 6.70. The van der Waals surface area contributed by atoms with E-state index in [0.29, 0.717) is 5.56 Å². The van der Waals surface area contributed by atoms with Gasteiger partial charge in [-0.15, -0.1) is 11.8 Å².